The third-order valence-electron chi connectivity index (χ3n) is 6.18. The van der Waals surface area contributed by atoms with Gasteiger partial charge in [-0.25, -0.2) is 9.69 Å². The normalized spacial score (nSPS) is 14.7. The first-order valence-electron chi connectivity index (χ1n) is 11.8. The molecule has 1 heterocycles. The molecule has 0 unspecified atom stereocenters. The van der Waals surface area contributed by atoms with Crippen molar-refractivity contribution in [1.82, 2.24) is 5.32 Å². The minimum Gasteiger partial charge on any atom is -0.493 e. The van der Waals surface area contributed by atoms with Crippen molar-refractivity contribution in [1.29, 1.82) is 0 Å². The Balaban J connectivity index is 1.45. The summed E-state index contributed by atoms with van der Waals surface area (Å²) in [5.74, 6) is -0.869. The Morgan fingerprint density at radius 3 is 2.50 bits per heavy atom. The van der Waals surface area contributed by atoms with Gasteiger partial charge < -0.3 is 9.47 Å². The van der Waals surface area contributed by atoms with Gasteiger partial charge in [0.1, 0.15) is 12.2 Å². The highest BCUT2D eigenvalue weighted by Crippen LogP contribution is 2.38. The number of nitrogens with zero attached hydrogens (tertiary/aromatic N) is 1. The van der Waals surface area contributed by atoms with Crippen molar-refractivity contribution in [2.75, 3.05) is 12.0 Å². The van der Waals surface area contributed by atoms with Crippen LogP contribution in [0.5, 0.6) is 11.5 Å². The summed E-state index contributed by atoms with van der Waals surface area (Å²) in [6, 6.07) is 23.3. The highest BCUT2D eigenvalue weighted by Gasteiger charge is 2.37. The van der Waals surface area contributed by atoms with Gasteiger partial charge in [-0.3, -0.25) is 14.9 Å². The zero-order valence-corrected chi connectivity index (χ0v) is 21.4. The predicted molar refractivity (Wildman–Crippen MR) is 146 cm³/mol. The van der Waals surface area contributed by atoms with Gasteiger partial charge in [0.05, 0.1) is 17.8 Å². The topological polar surface area (TPSA) is 84.9 Å². The summed E-state index contributed by atoms with van der Waals surface area (Å²) in [5.41, 5.74) is 2.42. The molecule has 0 saturated carbocycles. The van der Waals surface area contributed by atoms with Gasteiger partial charge in [-0.1, -0.05) is 66.2 Å². The number of aryl methyl sites for hydroxylation is 1. The van der Waals surface area contributed by atoms with Crippen molar-refractivity contribution in [2.45, 2.75) is 13.5 Å². The van der Waals surface area contributed by atoms with Crippen LogP contribution in [0.1, 0.15) is 16.7 Å². The molecule has 190 valence electrons. The van der Waals surface area contributed by atoms with Gasteiger partial charge in [0.25, 0.3) is 11.8 Å². The van der Waals surface area contributed by atoms with Gasteiger partial charge in [-0.2, -0.15) is 0 Å². The zero-order valence-electron chi connectivity index (χ0n) is 20.7. The summed E-state index contributed by atoms with van der Waals surface area (Å²) < 4.78 is 11.6. The molecular formula is C30H23ClN2O5. The number of halogens is 1. The van der Waals surface area contributed by atoms with Crippen LogP contribution in [-0.2, 0) is 16.2 Å². The number of anilines is 1. The van der Waals surface area contributed by atoms with E-state index in [4.69, 9.17) is 21.1 Å². The molecule has 8 heteroatoms. The maximum Gasteiger partial charge on any atom is 0.335 e. The van der Waals surface area contributed by atoms with Gasteiger partial charge in [-0.05, 0) is 64.7 Å². The Hall–Kier alpha value is -4.62. The molecule has 1 aliphatic heterocycles. The molecule has 0 aliphatic carbocycles. The van der Waals surface area contributed by atoms with E-state index in [2.05, 4.69) is 5.32 Å². The smallest absolute Gasteiger partial charge is 0.335 e. The molecule has 1 saturated heterocycles. The monoisotopic (exact) mass is 526 g/mol. The number of hydrogen-bond acceptors (Lipinski definition) is 5. The first-order chi connectivity index (χ1) is 18.4. The number of benzene rings is 4. The lowest BCUT2D eigenvalue weighted by molar-refractivity contribution is -0.122. The highest BCUT2D eigenvalue weighted by molar-refractivity contribution is 6.39. The van der Waals surface area contributed by atoms with Gasteiger partial charge in [0, 0.05) is 0 Å². The molecule has 1 aliphatic rings. The van der Waals surface area contributed by atoms with Crippen molar-refractivity contribution in [3.8, 4) is 11.5 Å². The van der Waals surface area contributed by atoms with Crippen molar-refractivity contribution in [3.63, 3.8) is 0 Å². The quantitative estimate of drug-likeness (QED) is 0.244. The molecule has 4 amide bonds. The van der Waals surface area contributed by atoms with Crippen molar-refractivity contribution >= 4 is 52.0 Å². The standard InChI is InChI=1S/C30H23ClN2O5/c1-18-7-5-11-22(13-18)33-29(35)24(28(34)32-30(33)36)14-19-15-25(31)27(26(16-19)37-2)38-17-21-10-6-9-20-8-3-4-12-23(20)21/h3-16H,17H2,1-2H3,(H,32,34,36)/b24-14+. The van der Waals surface area contributed by atoms with Crippen LogP contribution >= 0.6 is 11.6 Å². The molecule has 0 spiro atoms. The molecule has 38 heavy (non-hydrogen) atoms. The fourth-order valence-corrected chi connectivity index (χ4v) is 4.63. The van der Waals surface area contributed by atoms with E-state index in [9.17, 15) is 14.4 Å². The van der Waals surface area contributed by atoms with Crippen LogP contribution in [0.4, 0.5) is 10.5 Å². The van der Waals surface area contributed by atoms with E-state index in [0.29, 0.717) is 22.7 Å². The molecule has 0 radical (unpaired) electrons. The lowest BCUT2D eigenvalue weighted by Gasteiger charge is -2.26. The first kappa shape index (κ1) is 25.0. The summed E-state index contributed by atoms with van der Waals surface area (Å²) >= 11 is 6.57. The number of imide groups is 2. The van der Waals surface area contributed by atoms with E-state index in [1.807, 2.05) is 55.5 Å². The highest BCUT2D eigenvalue weighted by atomic mass is 35.5. The van der Waals surface area contributed by atoms with Crippen molar-refractivity contribution < 1.29 is 23.9 Å². The predicted octanol–water partition coefficient (Wildman–Crippen LogP) is 6.06. The van der Waals surface area contributed by atoms with E-state index in [-0.39, 0.29) is 17.2 Å². The third-order valence-corrected chi connectivity index (χ3v) is 6.46. The number of carbonyl (C=O) groups excluding carboxylic acids is 3. The van der Waals surface area contributed by atoms with Crippen LogP contribution in [0.3, 0.4) is 0 Å². The van der Waals surface area contributed by atoms with Gasteiger partial charge in [0.2, 0.25) is 0 Å². The minimum atomic E-state index is -0.810. The summed E-state index contributed by atoms with van der Waals surface area (Å²) in [6.07, 6.45) is 1.37. The maximum absolute atomic E-state index is 13.2. The van der Waals surface area contributed by atoms with E-state index in [1.165, 1.54) is 13.2 Å². The molecule has 4 aromatic rings. The van der Waals surface area contributed by atoms with Crippen LogP contribution in [0, 0.1) is 6.92 Å². The number of amides is 4. The maximum atomic E-state index is 13.2. The molecule has 4 aromatic carbocycles. The Bertz CT molecular complexity index is 1620. The Morgan fingerprint density at radius 1 is 0.947 bits per heavy atom. The molecular weight excluding hydrogens is 504 g/mol. The lowest BCUT2D eigenvalue weighted by atomic mass is 10.1. The van der Waals surface area contributed by atoms with Crippen LogP contribution in [0.25, 0.3) is 16.8 Å². The molecule has 5 rings (SSSR count). The van der Waals surface area contributed by atoms with E-state index < -0.39 is 17.8 Å². The van der Waals surface area contributed by atoms with Gasteiger partial charge >= 0.3 is 6.03 Å². The lowest BCUT2D eigenvalue weighted by Crippen LogP contribution is -2.54. The minimum absolute atomic E-state index is 0.214. The van der Waals surface area contributed by atoms with Crippen LogP contribution in [0.15, 0.2) is 84.4 Å². The molecule has 0 aromatic heterocycles. The zero-order chi connectivity index (χ0) is 26.8. The van der Waals surface area contributed by atoms with Crippen LogP contribution in [0.2, 0.25) is 5.02 Å². The Labute approximate surface area is 224 Å². The van der Waals surface area contributed by atoms with Crippen LogP contribution in [-0.4, -0.2) is 25.0 Å². The van der Waals surface area contributed by atoms with Gasteiger partial charge in [0.15, 0.2) is 11.5 Å². The number of ether oxygens (including phenoxy) is 2. The largest absolute Gasteiger partial charge is 0.493 e. The van der Waals surface area contributed by atoms with Crippen LogP contribution < -0.4 is 19.7 Å². The number of nitrogens with one attached hydrogen (secondary N) is 1. The summed E-state index contributed by atoms with van der Waals surface area (Å²) in [6.45, 7) is 2.10. The SMILES string of the molecule is COc1cc(/C=C2\C(=O)NC(=O)N(c3cccc(C)c3)C2=O)cc(Cl)c1OCc1cccc2ccccc12. The summed E-state index contributed by atoms with van der Waals surface area (Å²) in [7, 11) is 1.48. The second-order valence-electron chi connectivity index (χ2n) is 8.76. The molecule has 0 atom stereocenters. The summed E-state index contributed by atoms with van der Waals surface area (Å²) in [4.78, 5) is 39.2. The van der Waals surface area contributed by atoms with Gasteiger partial charge in [-0.15, -0.1) is 0 Å². The fraction of sp³-hybridized carbons (Fsp3) is 0.100. The van der Waals surface area contributed by atoms with Crippen molar-refractivity contribution in [2.24, 2.45) is 0 Å². The number of carbonyl (C=O) groups is 3. The molecule has 1 N–H and O–H groups in total. The van der Waals surface area contributed by atoms with Crippen molar-refractivity contribution in [3.05, 3.63) is 106 Å². The second kappa shape index (κ2) is 10.4. The van der Waals surface area contributed by atoms with E-state index in [1.54, 1.807) is 30.3 Å². The van der Waals surface area contributed by atoms with E-state index >= 15 is 0 Å². The first-order valence-corrected chi connectivity index (χ1v) is 12.2. The number of fused-ring (bicyclic) bond motifs is 1. The fourth-order valence-electron chi connectivity index (χ4n) is 4.36. The average Bonchev–Trinajstić information content (AvgIpc) is 2.90. The Kier molecular flexibility index (Phi) is 6.85. The van der Waals surface area contributed by atoms with E-state index in [0.717, 1.165) is 26.8 Å². The number of rotatable bonds is 6. The molecule has 7 nitrogen and oxygen atoms in total. The number of barbiturate groups is 1. The summed E-state index contributed by atoms with van der Waals surface area (Å²) in [5, 5.41) is 4.64. The average molecular weight is 527 g/mol. The number of urea groups is 1. The molecule has 0 bridgehead atoms. The third kappa shape index (κ3) is 4.84. The number of methoxy groups -OCH3 is 1. The molecule has 1 fully saturated rings. The number of hydrogen-bond donors (Lipinski definition) is 1. The second-order valence-corrected chi connectivity index (χ2v) is 9.17. The Morgan fingerprint density at radius 2 is 1.71 bits per heavy atom.